The van der Waals surface area contributed by atoms with Gasteiger partial charge in [-0.3, -0.25) is 0 Å². The van der Waals surface area contributed by atoms with Gasteiger partial charge in [-0.25, -0.2) is 0 Å². The van der Waals surface area contributed by atoms with Crippen molar-refractivity contribution < 1.29 is 0 Å². The molecule has 16 heavy (non-hydrogen) atoms. The number of nitrogens with zero attached hydrogens (tertiary/aromatic N) is 1. The summed E-state index contributed by atoms with van der Waals surface area (Å²) in [5.41, 5.74) is 1.29. The van der Waals surface area contributed by atoms with Crippen molar-refractivity contribution in [2.24, 2.45) is 11.8 Å². The molecule has 0 aliphatic carbocycles. The molecule has 1 N–H and O–H groups in total. The van der Waals surface area contributed by atoms with E-state index in [4.69, 9.17) is 0 Å². The van der Waals surface area contributed by atoms with E-state index in [1.54, 1.807) is 0 Å². The van der Waals surface area contributed by atoms with Crippen LogP contribution in [0.15, 0.2) is 12.3 Å². The second kappa shape index (κ2) is 6.29. The molecule has 0 saturated carbocycles. The first-order valence-electron chi connectivity index (χ1n) is 6.65. The highest BCUT2D eigenvalue weighted by Crippen LogP contribution is 2.22. The molecule has 2 heteroatoms. The Bertz CT molecular complexity index is 215. The largest absolute Gasteiger partial charge is 0.374 e. The van der Waals surface area contributed by atoms with Gasteiger partial charge in [-0.15, -0.1) is 0 Å². The molecule has 0 bridgehead atoms. The second-order valence-corrected chi connectivity index (χ2v) is 5.63. The van der Waals surface area contributed by atoms with Crippen molar-refractivity contribution in [1.29, 1.82) is 0 Å². The fraction of sp³-hybridized carbons (Fsp3) is 0.857. The quantitative estimate of drug-likeness (QED) is 0.772. The summed E-state index contributed by atoms with van der Waals surface area (Å²) in [6, 6.07) is 0.452. The number of hydrogen-bond donors (Lipinski definition) is 1. The van der Waals surface area contributed by atoms with E-state index in [0.717, 1.165) is 11.8 Å². The number of likely N-dealkylation sites (N-methyl/N-ethyl adjacent to an activating group) is 1. The fourth-order valence-electron chi connectivity index (χ4n) is 2.41. The van der Waals surface area contributed by atoms with Gasteiger partial charge in [0.05, 0.1) is 0 Å². The van der Waals surface area contributed by atoms with E-state index in [-0.39, 0.29) is 0 Å². The van der Waals surface area contributed by atoms with Crippen molar-refractivity contribution in [2.75, 3.05) is 20.1 Å². The Labute approximate surface area is 101 Å². The number of nitrogens with one attached hydrogen (secondary N) is 1. The molecule has 1 rings (SSSR count). The van der Waals surface area contributed by atoms with Crippen molar-refractivity contribution in [3.63, 3.8) is 0 Å². The van der Waals surface area contributed by atoms with Gasteiger partial charge in [-0.05, 0) is 38.1 Å². The smallest absolute Gasteiger partial charge is 0.0465 e. The molecular formula is C14H28N2. The van der Waals surface area contributed by atoms with Crippen LogP contribution in [0.3, 0.4) is 0 Å². The molecule has 94 valence electrons. The number of likely N-dealkylation sites (tertiary alicyclic amines) is 1. The minimum absolute atomic E-state index is 0.452. The van der Waals surface area contributed by atoms with Crippen LogP contribution < -0.4 is 5.32 Å². The van der Waals surface area contributed by atoms with Gasteiger partial charge in [-0.1, -0.05) is 27.4 Å². The predicted molar refractivity (Wildman–Crippen MR) is 71.4 cm³/mol. The highest BCUT2D eigenvalue weighted by molar-refractivity contribution is 5.05. The van der Waals surface area contributed by atoms with E-state index >= 15 is 0 Å². The van der Waals surface area contributed by atoms with Crippen LogP contribution in [0.4, 0.5) is 0 Å². The van der Waals surface area contributed by atoms with Crippen molar-refractivity contribution in [3.05, 3.63) is 12.3 Å². The molecule has 1 fully saturated rings. The lowest BCUT2D eigenvalue weighted by molar-refractivity contribution is 0.218. The molecule has 0 aromatic heterocycles. The van der Waals surface area contributed by atoms with Gasteiger partial charge < -0.3 is 10.2 Å². The van der Waals surface area contributed by atoms with E-state index < -0.39 is 0 Å². The predicted octanol–water partition coefficient (Wildman–Crippen LogP) is 2.87. The first-order valence-corrected chi connectivity index (χ1v) is 6.65. The van der Waals surface area contributed by atoms with Gasteiger partial charge in [0.25, 0.3) is 0 Å². The van der Waals surface area contributed by atoms with Gasteiger partial charge in [0.1, 0.15) is 0 Å². The lowest BCUT2D eigenvalue weighted by atomic mass is 9.96. The lowest BCUT2D eigenvalue weighted by Crippen LogP contribution is -2.41. The molecule has 0 aromatic rings. The number of piperidine rings is 1. The topological polar surface area (TPSA) is 15.3 Å². The standard InChI is InChI=1S/C14H28N2/c1-11(2)10-14(15-5)13(4)16-8-6-12(3)7-9-16/h11-12,14-15H,4,6-10H2,1-3,5H3. The maximum atomic E-state index is 4.29. The van der Waals surface area contributed by atoms with E-state index in [1.807, 2.05) is 7.05 Å². The van der Waals surface area contributed by atoms with Crippen LogP contribution in [0.5, 0.6) is 0 Å². The maximum absolute atomic E-state index is 4.29. The Morgan fingerprint density at radius 2 is 1.94 bits per heavy atom. The van der Waals surface area contributed by atoms with E-state index in [2.05, 4.69) is 37.6 Å². The summed E-state index contributed by atoms with van der Waals surface area (Å²) in [4.78, 5) is 2.48. The molecule has 1 aliphatic rings. The Morgan fingerprint density at radius 1 is 1.38 bits per heavy atom. The second-order valence-electron chi connectivity index (χ2n) is 5.63. The summed E-state index contributed by atoms with van der Waals surface area (Å²) in [7, 11) is 2.05. The van der Waals surface area contributed by atoms with Crippen molar-refractivity contribution in [3.8, 4) is 0 Å². The van der Waals surface area contributed by atoms with Gasteiger partial charge in [0, 0.05) is 24.8 Å². The third-order valence-corrected chi connectivity index (χ3v) is 3.65. The average molecular weight is 224 g/mol. The minimum atomic E-state index is 0.452. The molecule has 1 unspecified atom stereocenters. The summed E-state index contributed by atoms with van der Waals surface area (Å²) in [5, 5.41) is 3.40. The van der Waals surface area contributed by atoms with Crippen LogP contribution in [0, 0.1) is 11.8 Å². The van der Waals surface area contributed by atoms with Crippen LogP contribution >= 0.6 is 0 Å². The van der Waals surface area contributed by atoms with E-state index in [1.165, 1.54) is 38.0 Å². The first kappa shape index (κ1) is 13.6. The van der Waals surface area contributed by atoms with Crippen LogP contribution in [-0.4, -0.2) is 31.1 Å². The Balaban J connectivity index is 2.48. The highest BCUT2D eigenvalue weighted by Gasteiger charge is 2.21. The van der Waals surface area contributed by atoms with Crippen LogP contribution in [-0.2, 0) is 0 Å². The zero-order chi connectivity index (χ0) is 12.1. The van der Waals surface area contributed by atoms with Crippen molar-refractivity contribution in [2.45, 2.75) is 46.1 Å². The zero-order valence-electron chi connectivity index (χ0n) is 11.4. The fourth-order valence-corrected chi connectivity index (χ4v) is 2.41. The van der Waals surface area contributed by atoms with Crippen LogP contribution in [0.25, 0.3) is 0 Å². The summed E-state index contributed by atoms with van der Waals surface area (Å²) in [5.74, 6) is 1.61. The molecule has 0 aromatic carbocycles. The third-order valence-electron chi connectivity index (χ3n) is 3.65. The van der Waals surface area contributed by atoms with E-state index in [0.29, 0.717) is 6.04 Å². The SMILES string of the molecule is C=C(C(CC(C)C)NC)N1CCC(C)CC1. The first-order chi connectivity index (χ1) is 7.54. The van der Waals surface area contributed by atoms with Crippen LogP contribution in [0.1, 0.15) is 40.0 Å². The summed E-state index contributed by atoms with van der Waals surface area (Å²) in [6.45, 7) is 13.6. The molecule has 1 saturated heterocycles. The Kier molecular flexibility index (Phi) is 5.33. The van der Waals surface area contributed by atoms with Gasteiger partial charge in [0.15, 0.2) is 0 Å². The maximum Gasteiger partial charge on any atom is 0.0465 e. The molecular weight excluding hydrogens is 196 g/mol. The Hall–Kier alpha value is -0.500. The van der Waals surface area contributed by atoms with Gasteiger partial charge >= 0.3 is 0 Å². The van der Waals surface area contributed by atoms with Crippen LogP contribution in [0.2, 0.25) is 0 Å². The summed E-state index contributed by atoms with van der Waals surface area (Å²) >= 11 is 0. The zero-order valence-corrected chi connectivity index (χ0v) is 11.4. The van der Waals surface area contributed by atoms with Gasteiger partial charge in [0.2, 0.25) is 0 Å². The lowest BCUT2D eigenvalue weighted by Gasteiger charge is -2.37. The molecule has 0 spiro atoms. The molecule has 1 atom stereocenters. The molecule has 1 aliphatic heterocycles. The molecule has 0 radical (unpaired) electrons. The number of rotatable bonds is 5. The van der Waals surface area contributed by atoms with Crippen molar-refractivity contribution >= 4 is 0 Å². The van der Waals surface area contributed by atoms with E-state index in [9.17, 15) is 0 Å². The third kappa shape index (κ3) is 3.82. The molecule has 0 amide bonds. The minimum Gasteiger partial charge on any atom is -0.374 e. The monoisotopic (exact) mass is 224 g/mol. The Morgan fingerprint density at radius 3 is 2.38 bits per heavy atom. The highest BCUT2D eigenvalue weighted by atomic mass is 15.2. The molecule has 2 nitrogen and oxygen atoms in total. The average Bonchev–Trinajstić information content (AvgIpc) is 2.25. The normalized spacial score (nSPS) is 20.2. The van der Waals surface area contributed by atoms with Crippen molar-refractivity contribution in [1.82, 2.24) is 10.2 Å². The summed E-state index contributed by atoms with van der Waals surface area (Å²) in [6.07, 6.45) is 3.82. The summed E-state index contributed by atoms with van der Waals surface area (Å²) < 4.78 is 0. The number of hydrogen-bond acceptors (Lipinski definition) is 2. The van der Waals surface area contributed by atoms with Gasteiger partial charge in [-0.2, -0.15) is 0 Å². The molecule has 1 heterocycles.